The average Bonchev–Trinajstić information content (AvgIpc) is 3.94. The molecule has 3 heteroatoms. The second-order valence-electron chi connectivity index (χ2n) is 16.9. The topological polar surface area (TPSA) is 29.5 Å². The molecule has 0 aliphatic heterocycles. The van der Waals surface area contributed by atoms with E-state index in [0.717, 1.165) is 84.2 Å². The Balaban J connectivity index is 0.853. The summed E-state index contributed by atoms with van der Waals surface area (Å²) >= 11 is 0. The molecule has 304 valence electrons. The van der Waals surface area contributed by atoms with E-state index in [9.17, 15) is 0 Å². The summed E-state index contributed by atoms with van der Waals surface area (Å²) in [5.74, 6) is 0.340. The molecule has 0 fully saturated rings. The lowest BCUT2D eigenvalue weighted by Gasteiger charge is -2.27. The molecular weight excluding hydrogens is 779 g/mol. The van der Waals surface area contributed by atoms with Crippen LogP contribution in [0.2, 0.25) is 0 Å². The summed E-state index contributed by atoms with van der Waals surface area (Å²) < 4.78 is 12.8. The van der Waals surface area contributed by atoms with Crippen molar-refractivity contribution in [3.8, 4) is 33.4 Å². The first kappa shape index (κ1) is 37.6. The second kappa shape index (κ2) is 15.6. The molecule has 0 radical (unpaired) electrons. The van der Waals surface area contributed by atoms with Crippen molar-refractivity contribution >= 4 is 72.1 Å². The van der Waals surface area contributed by atoms with Crippen molar-refractivity contribution in [3.63, 3.8) is 0 Å². The van der Waals surface area contributed by atoms with Gasteiger partial charge in [-0.05, 0) is 105 Å². The molecule has 0 amide bonds. The van der Waals surface area contributed by atoms with Gasteiger partial charge in [0.15, 0.2) is 0 Å². The molecule has 11 aromatic rings. The fraction of sp³-hybridized carbons (Fsp3) is 0.0492. The number of benzene rings is 9. The predicted molar refractivity (Wildman–Crippen MR) is 268 cm³/mol. The van der Waals surface area contributed by atoms with Crippen molar-refractivity contribution < 1.29 is 8.83 Å². The normalized spacial score (nSPS) is 14.0. The van der Waals surface area contributed by atoms with Gasteiger partial charge in [0.25, 0.3) is 0 Å². The Kier molecular flexibility index (Phi) is 9.19. The SMILES string of the molecule is CC1CC(c2cccc3c2oc2ccccc23)=CC=C1c1ccc(N(c2ccc(-c3ccccc3)cc2)c2ccc(-c3ccc(-c4cccc5c4oc4ccccc45)cc3)cc2)cc1. The Morgan fingerprint density at radius 2 is 0.781 bits per heavy atom. The van der Waals surface area contributed by atoms with Crippen LogP contribution in [0.1, 0.15) is 24.5 Å². The highest BCUT2D eigenvalue weighted by atomic mass is 16.3. The Bertz CT molecular complexity index is 3550. The summed E-state index contributed by atoms with van der Waals surface area (Å²) in [7, 11) is 0. The number of nitrogens with zero attached hydrogens (tertiary/aromatic N) is 1. The molecule has 9 aromatic carbocycles. The minimum absolute atomic E-state index is 0.340. The monoisotopic (exact) mass is 821 g/mol. The first-order valence-corrected chi connectivity index (χ1v) is 22.1. The lowest BCUT2D eigenvalue weighted by atomic mass is 9.82. The molecule has 0 N–H and O–H groups in total. The van der Waals surface area contributed by atoms with Crippen LogP contribution in [-0.4, -0.2) is 0 Å². The summed E-state index contributed by atoms with van der Waals surface area (Å²) in [5.41, 5.74) is 19.1. The summed E-state index contributed by atoms with van der Waals surface area (Å²) in [6, 6.07) is 75.8. The molecule has 1 aliphatic carbocycles. The fourth-order valence-electron chi connectivity index (χ4n) is 9.75. The first-order chi connectivity index (χ1) is 31.6. The van der Waals surface area contributed by atoms with Gasteiger partial charge in [-0.3, -0.25) is 0 Å². The minimum Gasteiger partial charge on any atom is -0.455 e. The Morgan fingerprint density at radius 1 is 0.359 bits per heavy atom. The van der Waals surface area contributed by atoms with Gasteiger partial charge in [0.2, 0.25) is 0 Å². The van der Waals surface area contributed by atoms with Gasteiger partial charge in [-0.1, -0.05) is 183 Å². The van der Waals surface area contributed by atoms with E-state index in [1.165, 1.54) is 38.8 Å². The molecule has 64 heavy (non-hydrogen) atoms. The summed E-state index contributed by atoms with van der Waals surface area (Å²) in [4.78, 5) is 2.35. The largest absolute Gasteiger partial charge is 0.455 e. The van der Waals surface area contributed by atoms with E-state index in [4.69, 9.17) is 8.83 Å². The highest BCUT2D eigenvalue weighted by Gasteiger charge is 2.22. The molecule has 1 aliphatic rings. The van der Waals surface area contributed by atoms with Crippen molar-refractivity contribution in [2.75, 3.05) is 4.90 Å². The predicted octanol–water partition coefficient (Wildman–Crippen LogP) is 17.5. The number of anilines is 3. The Hall–Kier alpha value is -8.14. The van der Waals surface area contributed by atoms with Gasteiger partial charge in [0.1, 0.15) is 22.3 Å². The van der Waals surface area contributed by atoms with E-state index in [0.29, 0.717) is 5.92 Å². The Labute approximate surface area is 372 Å². The van der Waals surface area contributed by atoms with Gasteiger partial charge in [0, 0.05) is 49.7 Å². The van der Waals surface area contributed by atoms with Gasteiger partial charge in [-0.25, -0.2) is 0 Å². The van der Waals surface area contributed by atoms with Crippen LogP contribution in [0.5, 0.6) is 0 Å². The third-order valence-electron chi connectivity index (χ3n) is 13.0. The van der Waals surface area contributed by atoms with Crippen molar-refractivity contribution in [1.29, 1.82) is 0 Å². The second-order valence-corrected chi connectivity index (χ2v) is 16.9. The van der Waals surface area contributed by atoms with E-state index in [2.05, 4.69) is 218 Å². The molecular formula is C61H43NO2. The number of hydrogen-bond donors (Lipinski definition) is 0. The van der Waals surface area contributed by atoms with Crippen LogP contribution in [0.15, 0.2) is 233 Å². The number of hydrogen-bond acceptors (Lipinski definition) is 3. The fourth-order valence-corrected chi connectivity index (χ4v) is 9.75. The smallest absolute Gasteiger partial charge is 0.143 e. The summed E-state index contributed by atoms with van der Waals surface area (Å²) in [5, 5.41) is 4.62. The van der Waals surface area contributed by atoms with Gasteiger partial charge < -0.3 is 13.7 Å². The van der Waals surface area contributed by atoms with E-state index >= 15 is 0 Å². The van der Waals surface area contributed by atoms with Gasteiger partial charge in [-0.2, -0.15) is 0 Å². The molecule has 0 spiro atoms. The molecule has 2 heterocycles. The van der Waals surface area contributed by atoms with Crippen LogP contribution < -0.4 is 4.90 Å². The number of furan rings is 2. The van der Waals surface area contributed by atoms with Crippen LogP contribution in [0, 0.1) is 5.92 Å². The molecule has 0 saturated heterocycles. The third-order valence-corrected chi connectivity index (χ3v) is 13.0. The van der Waals surface area contributed by atoms with Gasteiger partial charge >= 0.3 is 0 Å². The van der Waals surface area contributed by atoms with Crippen molar-refractivity contribution in [2.24, 2.45) is 5.92 Å². The summed E-state index contributed by atoms with van der Waals surface area (Å²) in [6.45, 7) is 2.34. The van der Waals surface area contributed by atoms with E-state index in [1.807, 2.05) is 18.2 Å². The maximum atomic E-state index is 6.42. The first-order valence-electron chi connectivity index (χ1n) is 22.1. The number of allylic oxidation sites excluding steroid dienone is 4. The van der Waals surface area contributed by atoms with Crippen molar-refractivity contribution in [2.45, 2.75) is 13.3 Å². The number of rotatable bonds is 8. The lowest BCUT2D eigenvalue weighted by molar-refractivity contribution is 0.666. The maximum absolute atomic E-state index is 6.42. The quantitative estimate of drug-likeness (QED) is 0.153. The van der Waals surface area contributed by atoms with Gasteiger partial charge in [-0.15, -0.1) is 0 Å². The molecule has 2 aromatic heterocycles. The average molecular weight is 822 g/mol. The molecule has 0 bridgehead atoms. The van der Waals surface area contributed by atoms with E-state index in [-0.39, 0.29) is 0 Å². The van der Waals surface area contributed by atoms with Crippen molar-refractivity contribution in [1.82, 2.24) is 0 Å². The minimum atomic E-state index is 0.340. The Morgan fingerprint density at radius 3 is 1.33 bits per heavy atom. The van der Waals surface area contributed by atoms with Crippen LogP contribution in [0.25, 0.3) is 88.4 Å². The third kappa shape index (κ3) is 6.61. The zero-order valence-corrected chi connectivity index (χ0v) is 35.4. The van der Waals surface area contributed by atoms with E-state index in [1.54, 1.807) is 0 Å². The molecule has 1 atom stereocenters. The van der Waals surface area contributed by atoms with Crippen LogP contribution in [-0.2, 0) is 0 Å². The van der Waals surface area contributed by atoms with Crippen LogP contribution in [0.3, 0.4) is 0 Å². The van der Waals surface area contributed by atoms with Crippen LogP contribution in [0.4, 0.5) is 17.1 Å². The zero-order valence-electron chi connectivity index (χ0n) is 35.4. The van der Waals surface area contributed by atoms with Crippen LogP contribution >= 0.6 is 0 Å². The molecule has 12 rings (SSSR count). The molecule has 1 unspecified atom stereocenters. The maximum Gasteiger partial charge on any atom is 0.143 e. The highest BCUT2D eigenvalue weighted by Crippen LogP contribution is 2.43. The summed E-state index contributed by atoms with van der Waals surface area (Å²) in [6.07, 6.45) is 5.54. The van der Waals surface area contributed by atoms with Gasteiger partial charge in [0.05, 0.1) is 0 Å². The standard InChI is InChI=1S/C61H43NO2/c1-40-39-47(53-16-10-18-57-55-14-6-8-20-59(55)64-61(53)57)31-38-51(40)45-29-36-50(37-30-45)62(48-32-25-43(26-33-48)41-11-3-2-4-12-41)49-34-27-44(28-35-49)42-21-23-46(24-22-42)52-15-9-17-56-54-13-5-7-19-58(54)63-60(52)56/h2-38,40H,39H2,1H3. The highest BCUT2D eigenvalue weighted by molar-refractivity contribution is 6.10. The lowest BCUT2D eigenvalue weighted by Crippen LogP contribution is -2.10. The zero-order chi connectivity index (χ0) is 42.6. The number of fused-ring (bicyclic) bond motifs is 6. The number of para-hydroxylation sites is 4. The van der Waals surface area contributed by atoms with E-state index < -0.39 is 0 Å². The van der Waals surface area contributed by atoms with Crippen molar-refractivity contribution in [3.05, 3.63) is 236 Å². The molecule has 0 saturated carbocycles. The molecule has 3 nitrogen and oxygen atoms in total.